The lowest BCUT2D eigenvalue weighted by atomic mass is 10.1. The molecule has 0 radical (unpaired) electrons. The molecule has 1 aliphatic carbocycles. The van der Waals surface area contributed by atoms with Crippen LogP contribution in [0.3, 0.4) is 0 Å². The largest absolute Gasteiger partial charge is 0.345 e. The zero-order valence-corrected chi connectivity index (χ0v) is 15.7. The van der Waals surface area contributed by atoms with Gasteiger partial charge in [0.25, 0.3) is 5.91 Å². The maximum absolute atomic E-state index is 12.7. The van der Waals surface area contributed by atoms with Gasteiger partial charge in [-0.2, -0.15) is 0 Å². The van der Waals surface area contributed by atoms with Gasteiger partial charge in [0.1, 0.15) is 0 Å². The van der Waals surface area contributed by atoms with Gasteiger partial charge in [0.15, 0.2) is 0 Å². The van der Waals surface area contributed by atoms with Gasteiger partial charge in [0, 0.05) is 23.1 Å². The first-order valence-corrected chi connectivity index (χ1v) is 10.1. The van der Waals surface area contributed by atoms with E-state index in [0.29, 0.717) is 23.0 Å². The van der Waals surface area contributed by atoms with Crippen molar-refractivity contribution >= 4 is 27.3 Å². The first-order chi connectivity index (χ1) is 11.7. The number of rotatable bonds is 5. The van der Waals surface area contributed by atoms with Gasteiger partial charge in [-0.05, 0) is 57.4 Å². The van der Waals surface area contributed by atoms with Crippen LogP contribution in [0.4, 0.5) is 11.4 Å². The molecule has 1 saturated carbocycles. The molecule has 2 N–H and O–H groups in total. The molecule has 1 aromatic heterocycles. The van der Waals surface area contributed by atoms with E-state index in [2.05, 4.69) is 14.6 Å². The monoisotopic (exact) mass is 361 g/mol. The number of hydrogen-bond donors (Lipinski definition) is 2. The van der Waals surface area contributed by atoms with Gasteiger partial charge in [-0.25, -0.2) is 8.42 Å². The third kappa shape index (κ3) is 3.87. The minimum atomic E-state index is -3.37. The quantitative estimate of drug-likeness (QED) is 0.857. The van der Waals surface area contributed by atoms with Crippen molar-refractivity contribution in [1.82, 2.24) is 4.57 Å². The lowest BCUT2D eigenvalue weighted by molar-refractivity contribution is 0.102. The summed E-state index contributed by atoms with van der Waals surface area (Å²) in [5, 5.41) is 2.87. The Labute approximate surface area is 148 Å². The summed E-state index contributed by atoms with van der Waals surface area (Å²) >= 11 is 0. The van der Waals surface area contributed by atoms with E-state index in [-0.39, 0.29) is 5.91 Å². The van der Waals surface area contributed by atoms with Crippen molar-refractivity contribution in [2.75, 3.05) is 16.3 Å². The van der Waals surface area contributed by atoms with Crippen LogP contribution in [0.2, 0.25) is 0 Å². The first-order valence-electron chi connectivity index (χ1n) is 8.24. The van der Waals surface area contributed by atoms with Gasteiger partial charge in [-0.3, -0.25) is 9.52 Å². The Morgan fingerprint density at radius 3 is 2.44 bits per heavy atom. The Kier molecular flexibility index (Phi) is 4.36. The molecule has 25 heavy (non-hydrogen) atoms. The van der Waals surface area contributed by atoms with E-state index in [4.69, 9.17) is 0 Å². The highest BCUT2D eigenvalue weighted by molar-refractivity contribution is 7.92. The molecule has 1 amide bonds. The van der Waals surface area contributed by atoms with Crippen LogP contribution in [0.25, 0.3) is 0 Å². The lowest BCUT2D eigenvalue weighted by Crippen LogP contribution is -2.14. The molecular weight excluding hydrogens is 338 g/mol. The highest BCUT2D eigenvalue weighted by Gasteiger charge is 2.28. The van der Waals surface area contributed by atoms with Crippen molar-refractivity contribution in [3.05, 3.63) is 46.8 Å². The Hall–Kier alpha value is -2.28. The molecule has 6 nitrogen and oxygen atoms in total. The highest BCUT2D eigenvalue weighted by Crippen LogP contribution is 2.38. The molecular formula is C18H23N3O3S. The van der Waals surface area contributed by atoms with Crippen LogP contribution in [0.15, 0.2) is 24.3 Å². The number of carbonyl (C=O) groups excluding carboxylic acids is 1. The third-order valence-electron chi connectivity index (χ3n) is 4.43. The van der Waals surface area contributed by atoms with Gasteiger partial charge < -0.3 is 9.88 Å². The smallest absolute Gasteiger partial charge is 0.257 e. The second-order valence-corrected chi connectivity index (χ2v) is 8.49. The molecule has 1 heterocycles. The molecule has 2 aromatic rings. The maximum atomic E-state index is 12.7. The molecule has 0 atom stereocenters. The number of benzene rings is 1. The van der Waals surface area contributed by atoms with Gasteiger partial charge in [-0.15, -0.1) is 0 Å². The number of aryl methyl sites for hydroxylation is 2. The molecule has 7 heteroatoms. The predicted octanol–water partition coefficient (Wildman–Crippen LogP) is 3.37. The Morgan fingerprint density at radius 2 is 1.84 bits per heavy atom. The minimum Gasteiger partial charge on any atom is -0.345 e. The zero-order valence-electron chi connectivity index (χ0n) is 14.9. The van der Waals surface area contributed by atoms with E-state index in [1.807, 2.05) is 26.8 Å². The summed E-state index contributed by atoms with van der Waals surface area (Å²) in [4.78, 5) is 12.7. The van der Waals surface area contributed by atoms with Crippen LogP contribution in [-0.4, -0.2) is 25.1 Å². The van der Waals surface area contributed by atoms with Gasteiger partial charge in [0.05, 0.1) is 17.5 Å². The van der Waals surface area contributed by atoms with E-state index in [9.17, 15) is 13.2 Å². The fraction of sp³-hybridized carbons (Fsp3) is 0.389. The van der Waals surface area contributed by atoms with Crippen LogP contribution in [0.1, 0.15) is 46.2 Å². The molecule has 1 aliphatic rings. The van der Waals surface area contributed by atoms with Gasteiger partial charge in [-0.1, -0.05) is 6.07 Å². The summed E-state index contributed by atoms with van der Waals surface area (Å²) in [7, 11) is -3.37. The number of amides is 1. The Balaban J connectivity index is 1.84. The van der Waals surface area contributed by atoms with Crippen molar-refractivity contribution in [2.45, 2.75) is 39.7 Å². The summed E-state index contributed by atoms with van der Waals surface area (Å²) in [5.74, 6) is -0.186. The molecule has 134 valence electrons. The number of hydrogen-bond acceptors (Lipinski definition) is 3. The number of sulfonamides is 1. The van der Waals surface area contributed by atoms with Crippen molar-refractivity contribution in [3.8, 4) is 0 Å². The average molecular weight is 361 g/mol. The van der Waals surface area contributed by atoms with E-state index in [0.717, 1.165) is 36.0 Å². The van der Waals surface area contributed by atoms with E-state index >= 15 is 0 Å². The fourth-order valence-corrected chi connectivity index (χ4v) is 3.73. The molecule has 3 rings (SSSR count). The molecule has 1 aromatic carbocycles. The second-order valence-electron chi connectivity index (χ2n) is 6.74. The molecule has 0 unspecified atom stereocenters. The summed E-state index contributed by atoms with van der Waals surface area (Å²) in [6, 6.07) is 7.60. The number of nitrogens with zero attached hydrogens (tertiary/aromatic N) is 1. The number of aromatic nitrogens is 1. The normalized spacial score (nSPS) is 14.4. The molecule has 1 fully saturated rings. The lowest BCUT2D eigenvalue weighted by Gasteiger charge is -2.11. The summed E-state index contributed by atoms with van der Waals surface area (Å²) in [5.41, 5.74) is 4.52. The highest BCUT2D eigenvalue weighted by atomic mass is 32.2. The summed E-state index contributed by atoms with van der Waals surface area (Å²) in [6.45, 7) is 5.79. The molecule has 0 spiro atoms. The molecule has 0 bridgehead atoms. The van der Waals surface area contributed by atoms with Crippen molar-refractivity contribution < 1.29 is 13.2 Å². The van der Waals surface area contributed by atoms with Crippen LogP contribution in [-0.2, 0) is 10.0 Å². The van der Waals surface area contributed by atoms with E-state index in [1.54, 1.807) is 18.2 Å². The number of nitrogens with one attached hydrogen (secondary N) is 2. The number of carbonyl (C=O) groups is 1. The second kappa shape index (κ2) is 6.22. The Bertz CT molecular complexity index is 941. The first kappa shape index (κ1) is 17.5. The summed E-state index contributed by atoms with van der Waals surface area (Å²) in [6.07, 6.45) is 3.43. The average Bonchev–Trinajstić information content (AvgIpc) is 3.27. The van der Waals surface area contributed by atoms with E-state index < -0.39 is 10.0 Å². The standard InChI is InChI=1S/C18H23N3O3S/c1-11-5-6-14(10-17(11)20-25(4,23)24)19-18(22)16-9-12(2)21(13(16)3)15-7-8-15/h5-6,9-10,15,20H,7-8H2,1-4H3,(H,19,22). The van der Waals surface area contributed by atoms with Crippen molar-refractivity contribution in [3.63, 3.8) is 0 Å². The maximum Gasteiger partial charge on any atom is 0.257 e. The van der Waals surface area contributed by atoms with Crippen LogP contribution < -0.4 is 10.0 Å². The van der Waals surface area contributed by atoms with Crippen LogP contribution >= 0.6 is 0 Å². The minimum absolute atomic E-state index is 0.186. The van der Waals surface area contributed by atoms with Crippen LogP contribution in [0, 0.1) is 20.8 Å². The predicted molar refractivity (Wildman–Crippen MR) is 99.8 cm³/mol. The fourth-order valence-electron chi connectivity index (χ4n) is 3.11. The SMILES string of the molecule is Cc1ccc(NC(=O)c2cc(C)n(C3CC3)c2C)cc1NS(C)(=O)=O. The number of anilines is 2. The van der Waals surface area contributed by atoms with E-state index in [1.165, 1.54) is 0 Å². The van der Waals surface area contributed by atoms with Crippen molar-refractivity contribution in [1.29, 1.82) is 0 Å². The van der Waals surface area contributed by atoms with Crippen molar-refractivity contribution in [2.24, 2.45) is 0 Å². The molecule has 0 saturated heterocycles. The zero-order chi connectivity index (χ0) is 18.4. The Morgan fingerprint density at radius 1 is 1.16 bits per heavy atom. The molecule has 0 aliphatic heterocycles. The van der Waals surface area contributed by atoms with Gasteiger partial charge >= 0.3 is 0 Å². The van der Waals surface area contributed by atoms with Crippen LogP contribution in [0.5, 0.6) is 0 Å². The van der Waals surface area contributed by atoms with Gasteiger partial charge in [0.2, 0.25) is 10.0 Å². The third-order valence-corrected chi connectivity index (χ3v) is 5.02. The topological polar surface area (TPSA) is 80.2 Å². The summed E-state index contributed by atoms with van der Waals surface area (Å²) < 4.78 is 27.6.